The van der Waals surface area contributed by atoms with Gasteiger partial charge in [0, 0.05) is 45.6 Å². The Morgan fingerprint density at radius 2 is 1.97 bits per heavy atom. The molecule has 0 aliphatic carbocycles. The fourth-order valence-corrected chi connectivity index (χ4v) is 4.81. The number of piperidine rings is 1. The van der Waals surface area contributed by atoms with E-state index < -0.39 is 10.0 Å². The monoisotopic (exact) mass is 543 g/mol. The van der Waals surface area contributed by atoms with Crippen molar-refractivity contribution in [2.45, 2.75) is 24.2 Å². The quantitative estimate of drug-likeness (QED) is 0.253. The molecule has 9 heteroatoms. The standard InChI is InChI=1S/C21H29N5O2S.HI/c1-17-16-26(14-10-20(17)18-7-4-3-5-8-18)21(22-2)24-12-13-25-29(27,28)19-9-6-11-23-15-19;/h3-9,11,15,17,20,25H,10,12-14,16H2,1-2H3,(H,22,24);1H. The summed E-state index contributed by atoms with van der Waals surface area (Å²) in [5, 5.41) is 3.27. The number of pyridine rings is 1. The van der Waals surface area contributed by atoms with E-state index in [4.69, 9.17) is 0 Å². The molecule has 30 heavy (non-hydrogen) atoms. The molecule has 2 atom stereocenters. The molecule has 2 aromatic rings. The number of sulfonamides is 1. The zero-order valence-corrected chi connectivity index (χ0v) is 20.5. The molecule has 1 aliphatic rings. The molecular formula is C21H30IN5O2S. The molecule has 2 unspecified atom stereocenters. The average molecular weight is 543 g/mol. The highest BCUT2D eigenvalue weighted by Crippen LogP contribution is 2.32. The van der Waals surface area contributed by atoms with Crippen molar-refractivity contribution >= 4 is 40.0 Å². The maximum atomic E-state index is 12.2. The zero-order chi connectivity index (χ0) is 20.7. The van der Waals surface area contributed by atoms with Crippen molar-refractivity contribution in [1.29, 1.82) is 0 Å². The maximum absolute atomic E-state index is 12.2. The minimum absolute atomic E-state index is 0. The number of aromatic nitrogens is 1. The van der Waals surface area contributed by atoms with E-state index in [1.54, 1.807) is 19.3 Å². The van der Waals surface area contributed by atoms with Crippen LogP contribution in [-0.4, -0.2) is 57.5 Å². The molecule has 0 spiro atoms. The lowest BCUT2D eigenvalue weighted by Gasteiger charge is -2.39. The van der Waals surface area contributed by atoms with Crippen LogP contribution in [0.1, 0.15) is 24.8 Å². The number of likely N-dealkylation sites (tertiary alicyclic amines) is 1. The van der Waals surface area contributed by atoms with E-state index in [0.29, 0.717) is 18.4 Å². The van der Waals surface area contributed by atoms with Gasteiger partial charge in [-0.3, -0.25) is 9.98 Å². The van der Waals surface area contributed by atoms with Gasteiger partial charge < -0.3 is 10.2 Å². The number of hydrogen-bond acceptors (Lipinski definition) is 4. The predicted molar refractivity (Wildman–Crippen MR) is 131 cm³/mol. The van der Waals surface area contributed by atoms with Crippen LogP contribution in [0.25, 0.3) is 0 Å². The third-order valence-corrected chi connectivity index (χ3v) is 6.74. The molecule has 1 aromatic heterocycles. The van der Waals surface area contributed by atoms with Gasteiger partial charge in [0.05, 0.1) is 0 Å². The summed E-state index contributed by atoms with van der Waals surface area (Å²) in [4.78, 5) is 10.7. The summed E-state index contributed by atoms with van der Waals surface area (Å²) in [6.45, 7) is 4.84. The van der Waals surface area contributed by atoms with Gasteiger partial charge in [-0.15, -0.1) is 24.0 Å². The van der Waals surface area contributed by atoms with Gasteiger partial charge in [0.25, 0.3) is 0 Å². The number of aliphatic imine (C=N–C) groups is 1. The summed E-state index contributed by atoms with van der Waals surface area (Å²) in [6, 6.07) is 13.8. The van der Waals surface area contributed by atoms with Gasteiger partial charge in [0.1, 0.15) is 4.90 Å². The molecule has 0 amide bonds. The van der Waals surface area contributed by atoms with Crippen molar-refractivity contribution in [2.75, 3.05) is 33.2 Å². The second-order valence-corrected chi connectivity index (χ2v) is 9.06. The van der Waals surface area contributed by atoms with E-state index in [1.807, 2.05) is 0 Å². The molecule has 1 fully saturated rings. The summed E-state index contributed by atoms with van der Waals surface area (Å²) in [7, 11) is -1.78. The molecule has 1 aliphatic heterocycles. The Balaban J connectivity index is 0.00000320. The number of halogens is 1. The van der Waals surface area contributed by atoms with Gasteiger partial charge in [-0.1, -0.05) is 37.3 Å². The normalized spacial score (nSPS) is 19.8. The van der Waals surface area contributed by atoms with Crippen molar-refractivity contribution < 1.29 is 8.42 Å². The first-order valence-electron chi connectivity index (χ1n) is 9.91. The van der Waals surface area contributed by atoms with Crippen molar-refractivity contribution in [2.24, 2.45) is 10.9 Å². The molecule has 164 valence electrons. The topological polar surface area (TPSA) is 86.7 Å². The van der Waals surface area contributed by atoms with Crippen LogP contribution >= 0.6 is 24.0 Å². The van der Waals surface area contributed by atoms with Crippen LogP contribution in [0.15, 0.2) is 64.7 Å². The van der Waals surface area contributed by atoms with E-state index in [2.05, 4.69) is 62.2 Å². The van der Waals surface area contributed by atoms with Crippen LogP contribution in [0, 0.1) is 5.92 Å². The van der Waals surface area contributed by atoms with Crippen LogP contribution in [-0.2, 0) is 10.0 Å². The molecule has 7 nitrogen and oxygen atoms in total. The molecule has 3 rings (SSSR count). The summed E-state index contributed by atoms with van der Waals surface area (Å²) in [5.41, 5.74) is 1.40. The van der Waals surface area contributed by atoms with Crippen LogP contribution in [0.4, 0.5) is 0 Å². The Kier molecular flexibility index (Phi) is 9.50. The Morgan fingerprint density at radius 3 is 2.60 bits per heavy atom. The van der Waals surface area contributed by atoms with Gasteiger partial charge in [-0.05, 0) is 36.0 Å². The highest BCUT2D eigenvalue weighted by atomic mass is 127. The SMILES string of the molecule is CN=C(NCCNS(=O)(=O)c1cccnc1)N1CCC(c2ccccc2)C(C)C1.I. The third kappa shape index (κ3) is 6.39. The first-order valence-corrected chi connectivity index (χ1v) is 11.4. The third-order valence-electron chi connectivity index (χ3n) is 5.29. The highest BCUT2D eigenvalue weighted by Gasteiger charge is 2.28. The van der Waals surface area contributed by atoms with Crippen molar-refractivity contribution in [3.05, 3.63) is 60.4 Å². The Labute approximate surface area is 196 Å². The lowest BCUT2D eigenvalue weighted by atomic mass is 9.82. The minimum atomic E-state index is -3.54. The van der Waals surface area contributed by atoms with Crippen molar-refractivity contribution in [1.82, 2.24) is 19.9 Å². The molecule has 0 radical (unpaired) electrons. The molecule has 0 saturated carbocycles. The molecule has 1 aromatic carbocycles. The minimum Gasteiger partial charge on any atom is -0.355 e. The van der Waals surface area contributed by atoms with Crippen LogP contribution in [0.5, 0.6) is 0 Å². The Bertz CT molecular complexity index is 910. The Morgan fingerprint density at radius 1 is 1.20 bits per heavy atom. The summed E-state index contributed by atoms with van der Waals surface area (Å²) < 4.78 is 27.1. The number of benzene rings is 1. The second kappa shape index (κ2) is 11.6. The van der Waals surface area contributed by atoms with Gasteiger partial charge in [0.2, 0.25) is 10.0 Å². The van der Waals surface area contributed by atoms with Gasteiger partial charge in [0.15, 0.2) is 5.96 Å². The smallest absolute Gasteiger partial charge is 0.242 e. The predicted octanol–water partition coefficient (Wildman–Crippen LogP) is 2.68. The van der Waals surface area contributed by atoms with Gasteiger partial charge in [-0.25, -0.2) is 13.1 Å². The van der Waals surface area contributed by atoms with E-state index in [-0.39, 0.29) is 35.4 Å². The first kappa shape index (κ1) is 24.5. The largest absolute Gasteiger partial charge is 0.355 e. The maximum Gasteiger partial charge on any atom is 0.242 e. The van der Waals surface area contributed by atoms with Crippen LogP contribution in [0.2, 0.25) is 0 Å². The van der Waals surface area contributed by atoms with Crippen molar-refractivity contribution in [3.63, 3.8) is 0 Å². The van der Waals surface area contributed by atoms with Crippen LogP contribution in [0.3, 0.4) is 0 Å². The number of rotatable bonds is 6. The van der Waals surface area contributed by atoms with E-state index in [9.17, 15) is 8.42 Å². The van der Waals surface area contributed by atoms with Crippen LogP contribution < -0.4 is 10.0 Å². The zero-order valence-electron chi connectivity index (χ0n) is 17.4. The van der Waals surface area contributed by atoms with E-state index in [0.717, 1.165) is 25.5 Å². The van der Waals surface area contributed by atoms with Gasteiger partial charge in [-0.2, -0.15) is 0 Å². The molecule has 0 bridgehead atoms. The first-order chi connectivity index (χ1) is 14.0. The molecule has 2 N–H and O–H groups in total. The van der Waals surface area contributed by atoms with Crippen molar-refractivity contribution in [3.8, 4) is 0 Å². The fourth-order valence-electron chi connectivity index (χ4n) is 3.81. The average Bonchev–Trinajstić information content (AvgIpc) is 2.75. The van der Waals surface area contributed by atoms with E-state index in [1.165, 1.54) is 17.8 Å². The van der Waals surface area contributed by atoms with Gasteiger partial charge >= 0.3 is 0 Å². The summed E-state index contributed by atoms with van der Waals surface area (Å²) in [5.74, 6) is 1.87. The molecule has 2 heterocycles. The molecule has 1 saturated heterocycles. The second-order valence-electron chi connectivity index (χ2n) is 7.29. The number of hydrogen-bond donors (Lipinski definition) is 2. The number of nitrogens with one attached hydrogen (secondary N) is 2. The summed E-state index contributed by atoms with van der Waals surface area (Å²) in [6.07, 6.45) is 3.96. The summed E-state index contributed by atoms with van der Waals surface area (Å²) >= 11 is 0. The lowest BCUT2D eigenvalue weighted by Crippen LogP contribution is -2.49. The fraction of sp³-hybridized carbons (Fsp3) is 0.429. The van der Waals surface area contributed by atoms with E-state index >= 15 is 0 Å². The number of guanidine groups is 1. The number of nitrogens with zero attached hydrogens (tertiary/aromatic N) is 3. The molecular weight excluding hydrogens is 513 g/mol. The lowest BCUT2D eigenvalue weighted by molar-refractivity contribution is 0.234. The highest BCUT2D eigenvalue weighted by molar-refractivity contribution is 14.0. The Hall–Kier alpha value is -1.72.